The number of H-pyrrole nitrogens is 1. The maximum Gasteiger partial charge on any atom is 0.436 e. The van der Waals surface area contributed by atoms with E-state index < -0.39 is 11.7 Å². The zero-order valence-corrected chi connectivity index (χ0v) is 9.55. The van der Waals surface area contributed by atoms with Crippen LogP contribution in [0.5, 0.6) is 0 Å². The van der Waals surface area contributed by atoms with Gasteiger partial charge in [0.2, 0.25) is 0 Å². The number of ether oxygens (including phenoxy) is 1. The number of nitrogens with one attached hydrogen (secondary N) is 1. The molecule has 5 nitrogen and oxygen atoms in total. The van der Waals surface area contributed by atoms with Gasteiger partial charge in [-0.25, -0.2) is 4.79 Å². The number of aromatic amines is 1. The third-order valence-electron chi connectivity index (χ3n) is 1.22. The molecule has 1 N–H and O–H groups in total. The van der Waals surface area contributed by atoms with Crippen molar-refractivity contribution in [2.45, 2.75) is 26.4 Å². The molecule has 6 heteroatoms. The third-order valence-corrected chi connectivity index (χ3v) is 1.90. The molecule has 0 unspecified atom stereocenters. The largest absolute Gasteiger partial charge is 0.442 e. The van der Waals surface area contributed by atoms with Crippen molar-refractivity contribution in [3.63, 3.8) is 0 Å². The summed E-state index contributed by atoms with van der Waals surface area (Å²) in [5.74, 6) is 0. The van der Waals surface area contributed by atoms with Crippen LogP contribution in [0.3, 0.4) is 0 Å². The van der Waals surface area contributed by atoms with E-state index in [9.17, 15) is 9.59 Å². The lowest BCUT2D eigenvalue weighted by Crippen LogP contribution is -2.24. The van der Waals surface area contributed by atoms with Crippen LogP contribution in [0.2, 0.25) is 0 Å². The average molecular weight is 228 g/mol. The number of carbonyl (C=O) groups excluding carboxylic acids is 1. The molecule has 1 heterocycles. The van der Waals surface area contributed by atoms with E-state index in [4.69, 9.17) is 4.74 Å². The summed E-state index contributed by atoms with van der Waals surface area (Å²) in [6, 6.07) is 1.36. The van der Waals surface area contributed by atoms with E-state index in [0.717, 1.165) is 11.3 Å². The third kappa shape index (κ3) is 4.55. The van der Waals surface area contributed by atoms with Gasteiger partial charge in [0.15, 0.2) is 4.80 Å². The van der Waals surface area contributed by atoms with Crippen LogP contribution in [0.4, 0.5) is 4.79 Å². The Morgan fingerprint density at radius 1 is 1.53 bits per heavy atom. The predicted molar refractivity (Wildman–Crippen MR) is 56.7 cm³/mol. The average Bonchev–Trinajstić information content (AvgIpc) is 1.99. The summed E-state index contributed by atoms with van der Waals surface area (Å²) in [7, 11) is 0. The summed E-state index contributed by atoms with van der Waals surface area (Å²) in [5.41, 5.74) is -0.878. The van der Waals surface area contributed by atoms with Gasteiger partial charge in [0.25, 0.3) is 5.56 Å². The lowest BCUT2D eigenvalue weighted by atomic mass is 10.2. The van der Waals surface area contributed by atoms with Gasteiger partial charge in [-0.15, -0.1) is 16.3 Å². The van der Waals surface area contributed by atoms with E-state index in [1.165, 1.54) is 6.07 Å². The first-order valence-corrected chi connectivity index (χ1v) is 5.21. The van der Waals surface area contributed by atoms with Crippen LogP contribution in [0, 0.1) is 0 Å². The fraction of sp³-hybridized carbons (Fsp3) is 0.444. The van der Waals surface area contributed by atoms with Gasteiger partial charge in [0, 0.05) is 6.07 Å². The van der Waals surface area contributed by atoms with Gasteiger partial charge in [-0.1, -0.05) is 0 Å². The fourth-order valence-electron chi connectivity index (χ4n) is 0.759. The molecular weight excluding hydrogens is 216 g/mol. The molecular formula is C9H12N2O3S. The Labute approximate surface area is 90.5 Å². The van der Waals surface area contributed by atoms with Crippen molar-refractivity contribution in [1.29, 1.82) is 0 Å². The lowest BCUT2D eigenvalue weighted by Gasteiger charge is -2.16. The van der Waals surface area contributed by atoms with Gasteiger partial charge in [-0.3, -0.25) is 9.78 Å². The summed E-state index contributed by atoms with van der Waals surface area (Å²) >= 11 is 1.16. The molecule has 0 bridgehead atoms. The van der Waals surface area contributed by atoms with E-state index in [0.29, 0.717) is 0 Å². The number of hydrogen-bond acceptors (Lipinski definition) is 4. The molecule has 1 rings (SSSR count). The van der Waals surface area contributed by atoms with Gasteiger partial charge >= 0.3 is 6.09 Å². The number of hydrogen-bond donors (Lipinski definition) is 1. The van der Waals surface area contributed by atoms with Gasteiger partial charge in [-0.05, 0) is 26.2 Å². The zero-order chi connectivity index (χ0) is 11.5. The van der Waals surface area contributed by atoms with E-state index in [1.54, 1.807) is 26.2 Å². The molecule has 1 aromatic rings. The molecule has 82 valence electrons. The van der Waals surface area contributed by atoms with Crippen LogP contribution in [0.1, 0.15) is 20.8 Å². The molecule has 1 amide bonds. The molecule has 0 aliphatic heterocycles. The minimum Gasteiger partial charge on any atom is -0.442 e. The quantitative estimate of drug-likeness (QED) is 0.726. The van der Waals surface area contributed by atoms with E-state index in [-0.39, 0.29) is 10.4 Å². The first-order valence-electron chi connectivity index (χ1n) is 4.33. The van der Waals surface area contributed by atoms with Crippen molar-refractivity contribution in [1.82, 2.24) is 4.98 Å². The maximum absolute atomic E-state index is 11.2. The molecule has 0 aliphatic rings. The Balaban J connectivity index is 2.89. The second kappa shape index (κ2) is 4.39. The number of carbonyl (C=O) groups is 1. The zero-order valence-electron chi connectivity index (χ0n) is 8.73. The first-order chi connectivity index (χ1) is 6.87. The number of aromatic nitrogens is 1. The minimum absolute atomic E-state index is 0.233. The predicted octanol–water partition coefficient (Wildman–Crippen LogP) is 1.27. The summed E-state index contributed by atoms with van der Waals surface area (Å²) in [4.78, 5) is 28.4. The Morgan fingerprint density at radius 3 is 2.73 bits per heavy atom. The molecule has 0 saturated heterocycles. The van der Waals surface area contributed by atoms with Crippen molar-refractivity contribution in [3.8, 4) is 0 Å². The molecule has 0 aliphatic carbocycles. The Hall–Kier alpha value is -1.43. The Bertz CT molecular complexity index is 467. The smallest absolute Gasteiger partial charge is 0.436 e. The topological polar surface area (TPSA) is 71.5 Å². The van der Waals surface area contributed by atoms with Gasteiger partial charge < -0.3 is 4.74 Å². The van der Waals surface area contributed by atoms with Crippen LogP contribution in [0.15, 0.2) is 21.2 Å². The van der Waals surface area contributed by atoms with E-state index in [2.05, 4.69) is 9.98 Å². The highest BCUT2D eigenvalue weighted by molar-refractivity contribution is 7.06. The second-order valence-corrected chi connectivity index (χ2v) is 4.70. The Morgan fingerprint density at radius 2 is 2.20 bits per heavy atom. The molecule has 0 spiro atoms. The highest BCUT2D eigenvalue weighted by atomic mass is 32.1. The first kappa shape index (κ1) is 11.6. The number of nitrogens with zero attached hydrogens (tertiary/aromatic N) is 1. The highest BCUT2D eigenvalue weighted by Gasteiger charge is 2.15. The van der Waals surface area contributed by atoms with Crippen molar-refractivity contribution in [2.24, 2.45) is 4.99 Å². The van der Waals surface area contributed by atoms with Gasteiger partial charge in [0.05, 0.1) is 0 Å². The highest BCUT2D eigenvalue weighted by Crippen LogP contribution is 2.07. The summed E-state index contributed by atoms with van der Waals surface area (Å²) < 4.78 is 4.96. The number of rotatable bonds is 0. The van der Waals surface area contributed by atoms with Crippen LogP contribution in [-0.4, -0.2) is 16.7 Å². The standard InChI is InChI=1S/C9H12N2O3S/c1-9(2,3)14-8(13)11-7-10-6(12)4-5-15-7/h4-5H,1-3H3,(H,10,11,12,13). The van der Waals surface area contributed by atoms with Crippen molar-refractivity contribution >= 4 is 17.4 Å². The molecule has 0 saturated carbocycles. The van der Waals surface area contributed by atoms with Crippen LogP contribution in [0.25, 0.3) is 0 Å². The van der Waals surface area contributed by atoms with Crippen molar-refractivity contribution in [2.75, 3.05) is 0 Å². The van der Waals surface area contributed by atoms with E-state index in [1.807, 2.05) is 0 Å². The number of amides is 1. The Kier molecular flexibility index (Phi) is 3.41. The fourth-order valence-corrected chi connectivity index (χ4v) is 1.37. The molecule has 15 heavy (non-hydrogen) atoms. The minimum atomic E-state index is -0.708. The van der Waals surface area contributed by atoms with Crippen molar-refractivity contribution in [3.05, 3.63) is 26.6 Å². The monoisotopic (exact) mass is 228 g/mol. The molecule has 0 atom stereocenters. The van der Waals surface area contributed by atoms with Crippen LogP contribution >= 0.6 is 11.3 Å². The molecule has 1 aromatic heterocycles. The van der Waals surface area contributed by atoms with Crippen LogP contribution in [-0.2, 0) is 4.74 Å². The van der Waals surface area contributed by atoms with Crippen LogP contribution < -0.4 is 10.4 Å². The maximum atomic E-state index is 11.2. The SMILES string of the molecule is CC(C)(C)OC(=O)/N=c1/[nH]c(=O)ccs1. The van der Waals surface area contributed by atoms with E-state index >= 15 is 0 Å². The summed E-state index contributed by atoms with van der Waals surface area (Å²) in [5, 5.41) is 1.56. The molecule has 0 fully saturated rings. The summed E-state index contributed by atoms with van der Waals surface area (Å²) in [6.45, 7) is 5.24. The molecule has 0 aromatic carbocycles. The lowest BCUT2D eigenvalue weighted by molar-refractivity contribution is 0.0597. The second-order valence-electron chi connectivity index (χ2n) is 3.81. The van der Waals surface area contributed by atoms with Gasteiger partial charge in [0.1, 0.15) is 5.60 Å². The summed E-state index contributed by atoms with van der Waals surface area (Å²) in [6.07, 6.45) is -0.708. The van der Waals surface area contributed by atoms with Crippen molar-refractivity contribution < 1.29 is 9.53 Å². The van der Waals surface area contributed by atoms with Gasteiger partial charge in [-0.2, -0.15) is 0 Å². The normalized spacial score (nSPS) is 12.6. The molecule has 0 radical (unpaired) electrons.